The van der Waals surface area contributed by atoms with Gasteiger partial charge in [-0.25, -0.2) is 0 Å². The van der Waals surface area contributed by atoms with Gasteiger partial charge in [-0.1, -0.05) is 6.07 Å². The van der Waals surface area contributed by atoms with E-state index in [1.807, 2.05) is 13.8 Å². The Labute approximate surface area is 180 Å². The van der Waals surface area contributed by atoms with Crippen LogP contribution < -0.4 is 14.8 Å². The van der Waals surface area contributed by atoms with E-state index in [9.17, 15) is 14.9 Å². The lowest BCUT2D eigenvalue weighted by molar-refractivity contribution is -0.111. The maximum atomic E-state index is 12.7. The summed E-state index contributed by atoms with van der Waals surface area (Å²) in [6, 6.07) is 7.38. The zero-order chi connectivity index (χ0) is 22.3. The number of hydrogen-bond acceptors (Lipinski definition) is 6. The second kappa shape index (κ2) is 10.5. The molecule has 0 atom stereocenters. The molecule has 30 heavy (non-hydrogen) atoms. The molecular weight excluding hydrogens is 402 g/mol. The van der Waals surface area contributed by atoms with Gasteiger partial charge in [-0.15, -0.1) is 11.3 Å². The number of ether oxygens (including phenoxy) is 2. The molecule has 0 aliphatic heterocycles. The molecule has 158 valence electrons. The quantitative estimate of drug-likeness (QED) is 0.641. The zero-order valence-corrected chi connectivity index (χ0v) is 18.6. The van der Waals surface area contributed by atoms with E-state index >= 15 is 0 Å². The molecule has 8 heteroatoms. The monoisotopic (exact) mass is 427 g/mol. The molecule has 0 saturated heterocycles. The maximum absolute atomic E-state index is 12.7. The number of hydrogen-bond donors (Lipinski definition) is 1. The highest BCUT2D eigenvalue weighted by Crippen LogP contribution is 2.33. The molecule has 0 radical (unpaired) electrons. The lowest BCUT2D eigenvalue weighted by Gasteiger charge is -2.17. The molecule has 2 amide bonds. The maximum Gasteiger partial charge on any atom is 0.264 e. The van der Waals surface area contributed by atoms with Crippen LogP contribution in [0.3, 0.4) is 0 Å². The van der Waals surface area contributed by atoms with Gasteiger partial charge in [0.2, 0.25) is 5.91 Å². The summed E-state index contributed by atoms with van der Waals surface area (Å²) in [5.74, 6) is 0.613. The lowest BCUT2D eigenvalue weighted by atomic mass is 10.1. The predicted molar refractivity (Wildman–Crippen MR) is 118 cm³/mol. The number of thiophene rings is 1. The van der Waals surface area contributed by atoms with E-state index in [1.165, 1.54) is 13.2 Å². The van der Waals surface area contributed by atoms with Gasteiger partial charge in [-0.2, -0.15) is 5.26 Å². The minimum atomic E-state index is -0.399. The van der Waals surface area contributed by atoms with Gasteiger partial charge in [0.1, 0.15) is 11.1 Å². The van der Waals surface area contributed by atoms with E-state index < -0.39 is 5.91 Å². The molecule has 1 N–H and O–H groups in total. The highest BCUT2D eigenvalue weighted by Gasteiger charge is 2.23. The first-order valence-electron chi connectivity index (χ1n) is 9.43. The van der Waals surface area contributed by atoms with E-state index in [0.29, 0.717) is 45.6 Å². The van der Waals surface area contributed by atoms with Crippen LogP contribution in [0, 0.1) is 18.3 Å². The van der Waals surface area contributed by atoms with Gasteiger partial charge in [-0.05, 0) is 50.1 Å². The van der Waals surface area contributed by atoms with Crippen molar-refractivity contribution in [3.05, 3.63) is 45.8 Å². The molecule has 0 aliphatic rings. The Bertz CT molecular complexity index is 1000. The summed E-state index contributed by atoms with van der Waals surface area (Å²) < 4.78 is 10.5. The van der Waals surface area contributed by atoms with Crippen LogP contribution >= 0.6 is 11.3 Å². The minimum absolute atomic E-state index is 0.139. The van der Waals surface area contributed by atoms with Gasteiger partial charge in [0.15, 0.2) is 11.5 Å². The molecule has 1 heterocycles. The number of nitriles is 1. The van der Waals surface area contributed by atoms with Gasteiger partial charge in [0.05, 0.1) is 24.7 Å². The summed E-state index contributed by atoms with van der Waals surface area (Å²) in [6.45, 7) is 6.67. The highest BCUT2D eigenvalue weighted by molar-refractivity contribution is 7.18. The Morgan fingerprint density at radius 2 is 1.87 bits per heavy atom. The Hall–Kier alpha value is -3.31. The van der Waals surface area contributed by atoms with E-state index in [2.05, 4.69) is 11.4 Å². The van der Waals surface area contributed by atoms with Crippen LogP contribution in [0.5, 0.6) is 11.5 Å². The summed E-state index contributed by atoms with van der Waals surface area (Å²) in [6.07, 6.45) is 3.00. The predicted octanol–water partition coefficient (Wildman–Crippen LogP) is 4.08. The van der Waals surface area contributed by atoms with Gasteiger partial charge >= 0.3 is 0 Å². The average molecular weight is 428 g/mol. The van der Waals surface area contributed by atoms with Crippen molar-refractivity contribution in [1.29, 1.82) is 5.26 Å². The number of nitrogens with one attached hydrogen (secondary N) is 1. The molecule has 0 bridgehead atoms. The molecule has 0 unspecified atom stereocenters. The Kier molecular flexibility index (Phi) is 8.01. The number of carbonyl (C=O) groups is 2. The molecule has 0 spiro atoms. The standard InChI is InChI=1S/C22H25N3O4S/c1-6-25(7-2)22(27)20-14(3)16(13-23)21(30-20)24-19(26)11-9-15-8-10-17(28-4)18(12-15)29-5/h8-12H,6-7H2,1-5H3,(H,24,26). The van der Waals surface area contributed by atoms with E-state index in [4.69, 9.17) is 9.47 Å². The SMILES string of the molecule is CCN(CC)C(=O)c1sc(NC(=O)C=Cc2ccc(OC)c(OC)c2)c(C#N)c1C. The zero-order valence-electron chi connectivity index (χ0n) is 17.7. The average Bonchev–Trinajstić information content (AvgIpc) is 3.07. The molecule has 2 rings (SSSR count). The topological polar surface area (TPSA) is 91.7 Å². The fraction of sp³-hybridized carbons (Fsp3) is 0.318. The van der Waals surface area contributed by atoms with E-state index in [-0.39, 0.29) is 5.91 Å². The number of anilines is 1. The Balaban J connectivity index is 2.23. The lowest BCUT2D eigenvalue weighted by Crippen LogP contribution is -2.30. The van der Waals surface area contributed by atoms with Crippen LogP contribution in [0.1, 0.15) is 40.2 Å². The first kappa shape index (κ1) is 23.0. The van der Waals surface area contributed by atoms with Crippen molar-refractivity contribution in [3.8, 4) is 17.6 Å². The highest BCUT2D eigenvalue weighted by atomic mass is 32.1. The summed E-state index contributed by atoms with van der Waals surface area (Å²) in [4.78, 5) is 27.3. The number of methoxy groups -OCH3 is 2. The number of carbonyl (C=O) groups excluding carboxylic acids is 2. The van der Waals surface area contributed by atoms with Gasteiger partial charge in [0, 0.05) is 19.2 Å². The van der Waals surface area contributed by atoms with Gasteiger partial charge < -0.3 is 19.7 Å². The third-order valence-corrected chi connectivity index (χ3v) is 5.77. The molecule has 1 aromatic heterocycles. The molecular formula is C22H25N3O4S. The normalized spacial score (nSPS) is 10.5. The molecule has 0 saturated carbocycles. The smallest absolute Gasteiger partial charge is 0.264 e. The second-order valence-corrected chi connectivity index (χ2v) is 7.31. The second-order valence-electron chi connectivity index (χ2n) is 6.29. The van der Waals surface area contributed by atoms with Gasteiger partial charge in [-0.3, -0.25) is 9.59 Å². The van der Waals surface area contributed by atoms with Crippen molar-refractivity contribution in [1.82, 2.24) is 4.90 Å². The largest absolute Gasteiger partial charge is 0.493 e. The molecule has 0 fully saturated rings. The van der Waals surface area contributed by atoms with E-state index in [1.54, 1.807) is 43.2 Å². The Morgan fingerprint density at radius 1 is 1.20 bits per heavy atom. The summed E-state index contributed by atoms with van der Waals surface area (Å²) >= 11 is 1.12. The van der Waals surface area contributed by atoms with Crippen molar-refractivity contribution >= 4 is 34.2 Å². The van der Waals surface area contributed by atoms with Crippen LogP contribution in [-0.2, 0) is 4.79 Å². The number of amides is 2. The first-order valence-corrected chi connectivity index (χ1v) is 10.3. The van der Waals surface area contributed by atoms with Crippen molar-refractivity contribution in [2.24, 2.45) is 0 Å². The number of nitrogens with zero attached hydrogens (tertiary/aromatic N) is 2. The molecule has 0 aliphatic carbocycles. The number of rotatable bonds is 8. The van der Waals surface area contributed by atoms with Crippen LogP contribution in [0.2, 0.25) is 0 Å². The van der Waals surface area contributed by atoms with Crippen molar-refractivity contribution in [2.45, 2.75) is 20.8 Å². The fourth-order valence-corrected chi connectivity index (χ4v) is 4.00. The summed E-state index contributed by atoms with van der Waals surface area (Å²) in [7, 11) is 3.09. The molecule has 1 aromatic carbocycles. The van der Waals surface area contributed by atoms with Crippen molar-refractivity contribution in [2.75, 3.05) is 32.6 Å². The molecule has 7 nitrogen and oxygen atoms in total. The van der Waals surface area contributed by atoms with Crippen LogP contribution in [0.25, 0.3) is 6.08 Å². The van der Waals surface area contributed by atoms with Crippen molar-refractivity contribution < 1.29 is 19.1 Å². The molecule has 2 aromatic rings. The third-order valence-electron chi connectivity index (χ3n) is 4.57. The third kappa shape index (κ3) is 4.99. The van der Waals surface area contributed by atoms with E-state index in [0.717, 1.165) is 16.9 Å². The summed E-state index contributed by atoms with van der Waals surface area (Å²) in [5, 5.41) is 12.6. The number of benzene rings is 1. The summed E-state index contributed by atoms with van der Waals surface area (Å²) in [5.41, 5.74) is 1.64. The van der Waals surface area contributed by atoms with Crippen molar-refractivity contribution in [3.63, 3.8) is 0 Å². The first-order chi connectivity index (χ1) is 14.4. The van der Waals surface area contributed by atoms with Crippen LogP contribution in [0.15, 0.2) is 24.3 Å². The Morgan fingerprint density at radius 3 is 2.43 bits per heavy atom. The van der Waals surface area contributed by atoms with Crippen LogP contribution in [0.4, 0.5) is 5.00 Å². The van der Waals surface area contributed by atoms with Crippen LogP contribution in [-0.4, -0.2) is 44.0 Å². The fourth-order valence-electron chi connectivity index (χ4n) is 2.88. The minimum Gasteiger partial charge on any atom is -0.493 e. The van der Waals surface area contributed by atoms with Gasteiger partial charge in [0.25, 0.3) is 5.91 Å².